The number of guanidine groups is 1. The average Bonchev–Trinajstić information content (AvgIpc) is 2.22. The molecule has 0 aromatic heterocycles. The minimum absolute atomic E-state index is 0. The van der Waals surface area contributed by atoms with Crippen LogP contribution < -0.4 is 10.6 Å². The summed E-state index contributed by atoms with van der Waals surface area (Å²) in [7, 11) is 1.67. The summed E-state index contributed by atoms with van der Waals surface area (Å²) >= 11 is 0. The number of methoxy groups -OCH3 is 1. The van der Waals surface area contributed by atoms with Crippen molar-refractivity contribution >= 4 is 29.9 Å². The average molecular weight is 345 g/mol. The molecule has 0 aromatic carbocycles. The van der Waals surface area contributed by atoms with Crippen LogP contribution in [-0.4, -0.2) is 50.0 Å². The van der Waals surface area contributed by atoms with Gasteiger partial charge in [0.1, 0.15) is 0 Å². The lowest BCUT2D eigenvalue weighted by atomic mass is 10.1. The maximum Gasteiger partial charge on any atom is 0.191 e. The Morgan fingerprint density at radius 2 is 2.00 bits per heavy atom. The van der Waals surface area contributed by atoms with Gasteiger partial charge in [0, 0.05) is 20.2 Å². The monoisotopic (exact) mass is 345 g/mol. The number of nitrogens with one attached hydrogen (secondary N) is 2. The predicted octanol–water partition coefficient (Wildman–Crippen LogP) is 0.577. The predicted molar refractivity (Wildman–Crippen MR) is 77.6 cm³/mol. The highest BCUT2D eigenvalue weighted by Gasteiger charge is 2.15. The van der Waals surface area contributed by atoms with Crippen molar-refractivity contribution < 1.29 is 9.84 Å². The van der Waals surface area contributed by atoms with Crippen LogP contribution in [0.4, 0.5) is 0 Å². The van der Waals surface area contributed by atoms with Crippen LogP contribution in [0, 0.1) is 0 Å². The quantitative estimate of drug-likeness (QED) is 0.374. The summed E-state index contributed by atoms with van der Waals surface area (Å²) in [5, 5.41) is 14.8. The lowest BCUT2D eigenvalue weighted by molar-refractivity contribution is 0.0310. The van der Waals surface area contributed by atoms with Crippen molar-refractivity contribution in [1.29, 1.82) is 0 Å². The first-order chi connectivity index (χ1) is 7.05. The van der Waals surface area contributed by atoms with Gasteiger partial charge in [-0.1, -0.05) is 0 Å². The zero-order valence-electron chi connectivity index (χ0n) is 10.5. The van der Waals surface area contributed by atoms with Crippen LogP contribution in [-0.2, 0) is 4.74 Å². The van der Waals surface area contributed by atoms with E-state index in [0.29, 0.717) is 19.0 Å². The highest BCUT2D eigenvalue weighted by molar-refractivity contribution is 14.0. The second-order valence-corrected chi connectivity index (χ2v) is 3.81. The van der Waals surface area contributed by atoms with E-state index in [0.717, 1.165) is 6.54 Å². The van der Waals surface area contributed by atoms with Crippen LogP contribution in [0.2, 0.25) is 0 Å². The maximum atomic E-state index is 8.69. The SMILES string of the molecule is CCNC(=NCC(C)(C)OC)NCCO.I. The van der Waals surface area contributed by atoms with Gasteiger partial charge in [-0.15, -0.1) is 24.0 Å². The molecule has 0 unspecified atom stereocenters. The molecule has 0 heterocycles. The van der Waals surface area contributed by atoms with Gasteiger partial charge < -0.3 is 20.5 Å². The third-order valence-corrected chi connectivity index (χ3v) is 1.92. The van der Waals surface area contributed by atoms with Crippen LogP contribution >= 0.6 is 24.0 Å². The lowest BCUT2D eigenvalue weighted by Gasteiger charge is -2.21. The fraction of sp³-hybridized carbons (Fsp3) is 0.900. The van der Waals surface area contributed by atoms with Gasteiger partial charge in [-0.05, 0) is 20.8 Å². The van der Waals surface area contributed by atoms with E-state index in [1.54, 1.807) is 7.11 Å². The van der Waals surface area contributed by atoms with E-state index in [2.05, 4.69) is 15.6 Å². The molecule has 3 N–H and O–H groups in total. The number of ether oxygens (including phenoxy) is 1. The minimum atomic E-state index is -0.262. The fourth-order valence-corrected chi connectivity index (χ4v) is 0.850. The number of hydrogen-bond donors (Lipinski definition) is 3. The molecule has 0 aliphatic rings. The first-order valence-corrected chi connectivity index (χ1v) is 5.24. The molecule has 0 aromatic rings. The molecular weight excluding hydrogens is 321 g/mol. The van der Waals surface area contributed by atoms with Crippen LogP contribution in [0.25, 0.3) is 0 Å². The normalized spacial score (nSPS) is 11.9. The summed E-state index contributed by atoms with van der Waals surface area (Å²) < 4.78 is 5.26. The van der Waals surface area contributed by atoms with Gasteiger partial charge in [0.25, 0.3) is 0 Å². The molecule has 0 spiro atoms. The zero-order valence-corrected chi connectivity index (χ0v) is 12.9. The molecule has 16 heavy (non-hydrogen) atoms. The molecule has 0 amide bonds. The maximum absolute atomic E-state index is 8.69. The van der Waals surface area contributed by atoms with Crippen LogP contribution in [0.15, 0.2) is 4.99 Å². The number of aliphatic hydroxyl groups excluding tert-OH is 1. The molecule has 0 aliphatic carbocycles. The summed E-state index contributed by atoms with van der Waals surface area (Å²) in [5.41, 5.74) is -0.262. The molecule has 0 aliphatic heterocycles. The standard InChI is InChI=1S/C10H23N3O2.HI/c1-5-11-9(12-6-7-14)13-8-10(2,3)15-4;/h14H,5-8H2,1-4H3,(H2,11,12,13);1H. The topological polar surface area (TPSA) is 65.9 Å². The van der Waals surface area contributed by atoms with Crippen molar-refractivity contribution in [2.24, 2.45) is 4.99 Å². The third-order valence-electron chi connectivity index (χ3n) is 1.92. The van der Waals surface area contributed by atoms with E-state index in [1.807, 2.05) is 20.8 Å². The van der Waals surface area contributed by atoms with Crippen LogP contribution in [0.1, 0.15) is 20.8 Å². The van der Waals surface area contributed by atoms with E-state index in [-0.39, 0.29) is 36.2 Å². The third kappa shape index (κ3) is 9.17. The van der Waals surface area contributed by atoms with E-state index in [1.165, 1.54) is 0 Å². The number of rotatable bonds is 6. The first-order valence-electron chi connectivity index (χ1n) is 5.24. The van der Waals surface area contributed by atoms with E-state index in [4.69, 9.17) is 9.84 Å². The Balaban J connectivity index is 0. The van der Waals surface area contributed by atoms with Crippen molar-refractivity contribution in [3.63, 3.8) is 0 Å². The molecular formula is C10H24IN3O2. The van der Waals surface area contributed by atoms with E-state index >= 15 is 0 Å². The molecule has 0 fully saturated rings. The van der Waals surface area contributed by atoms with Crippen LogP contribution in [0.3, 0.4) is 0 Å². The molecule has 0 radical (unpaired) electrons. The molecule has 98 valence electrons. The fourth-order valence-electron chi connectivity index (χ4n) is 0.850. The number of aliphatic imine (C=N–C) groups is 1. The highest BCUT2D eigenvalue weighted by Crippen LogP contribution is 2.06. The Labute approximate surface area is 115 Å². The van der Waals surface area contributed by atoms with E-state index in [9.17, 15) is 0 Å². The molecule has 0 saturated carbocycles. The van der Waals surface area contributed by atoms with Gasteiger partial charge in [0.15, 0.2) is 5.96 Å². The van der Waals surface area contributed by atoms with Crippen molar-refractivity contribution in [2.45, 2.75) is 26.4 Å². The summed E-state index contributed by atoms with van der Waals surface area (Å²) in [6.07, 6.45) is 0. The smallest absolute Gasteiger partial charge is 0.191 e. The van der Waals surface area contributed by atoms with E-state index < -0.39 is 0 Å². The van der Waals surface area contributed by atoms with Crippen molar-refractivity contribution in [2.75, 3.05) is 33.4 Å². The molecule has 0 atom stereocenters. The lowest BCUT2D eigenvalue weighted by Crippen LogP contribution is -2.40. The minimum Gasteiger partial charge on any atom is -0.395 e. The second-order valence-electron chi connectivity index (χ2n) is 3.81. The molecule has 5 nitrogen and oxygen atoms in total. The van der Waals surface area contributed by atoms with Gasteiger partial charge >= 0.3 is 0 Å². The van der Waals surface area contributed by atoms with Crippen molar-refractivity contribution in [3.05, 3.63) is 0 Å². The molecule has 6 heteroatoms. The summed E-state index contributed by atoms with van der Waals surface area (Å²) in [6.45, 7) is 7.92. The zero-order chi connectivity index (χ0) is 11.7. The first kappa shape index (κ1) is 18.3. The van der Waals surface area contributed by atoms with Gasteiger partial charge in [-0.3, -0.25) is 4.99 Å². The van der Waals surface area contributed by atoms with Crippen LogP contribution in [0.5, 0.6) is 0 Å². The number of halogens is 1. The Hall–Kier alpha value is -0.0800. The Morgan fingerprint density at radius 1 is 1.38 bits per heavy atom. The van der Waals surface area contributed by atoms with Crippen molar-refractivity contribution in [1.82, 2.24) is 10.6 Å². The summed E-state index contributed by atoms with van der Waals surface area (Å²) in [4.78, 5) is 4.35. The molecule has 0 saturated heterocycles. The Bertz CT molecular complexity index is 199. The van der Waals surface area contributed by atoms with Gasteiger partial charge in [-0.25, -0.2) is 0 Å². The number of hydrogen-bond acceptors (Lipinski definition) is 3. The number of aliphatic hydroxyl groups is 1. The number of nitrogens with zero attached hydrogens (tertiary/aromatic N) is 1. The Kier molecular flexibility index (Phi) is 11.5. The van der Waals surface area contributed by atoms with Gasteiger partial charge in [-0.2, -0.15) is 0 Å². The highest BCUT2D eigenvalue weighted by atomic mass is 127. The Morgan fingerprint density at radius 3 is 2.44 bits per heavy atom. The summed E-state index contributed by atoms with van der Waals surface area (Å²) in [5.74, 6) is 0.705. The summed E-state index contributed by atoms with van der Waals surface area (Å²) in [6, 6.07) is 0. The van der Waals surface area contributed by atoms with Gasteiger partial charge in [0.05, 0.1) is 18.8 Å². The van der Waals surface area contributed by atoms with Gasteiger partial charge in [0.2, 0.25) is 0 Å². The largest absolute Gasteiger partial charge is 0.395 e. The molecule has 0 bridgehead atoms. The van der Waals surface area contributed by atoms with Crippen molar-refractivity contribution in [3.8, 4) is 0 Å². The second kappa shape index (κ2) is 10.1. The molecule has 0 rings (SSSR count).